The summed E-state index contributed by atoms with van der Waals surface area (Å²) < 4.78 is 10.4. The smallest absolute Gasteiger partial charge is 0.134 e. The van der Waals surface area contributed by atoms with Gasteiger partial charge in [-0.05, 0) is 32.4 Å². The van der Waals surface area contributed by atoms with Gasteiger partial charge in [0.05, 0.1) is 9.52 Å². The van der Waals surface area contributed by atoms with Crippen molar-refractivity contribution in [1.82, 2.24) is 0 Å². The highest BCUT2D eigenvalue weighted by Crippen LogP contribution is 2.50. The molecule has 2 nitrogen and oxygen atoms in total. The third-order valence-corrected chi connectivity index (χ3v) is 7.95. The van der Waals surface area contributed by atoms with Crippen LogP contribution in [0.2, 0.25) is 6.04 Å². The van der Waals surface area contributed by atoms with Crippen LogP contribution in [0, 0.1) is 0 Å². The third kappa shape index (κ3) is 5.13. The minimum Gasteiger partial charge on any atom is -0.360 e. The summed E-state index contributed by atoms with van der Waals surface area (Å²) in [6.07, 6.45) is 2.52. The van der Waals surface area contributed by atoms with Crippen molar-refractivity contribution in [3.05, 3.63) is 10.3 Å². The molecule has 14 heavy (non-hydrogen) atoms. The molecule has 82 valence electrons. The molecule has 1 aliphatic rings. The maximum atomic E-state index is 5.18. The molecule has 0 aromatic heterocycles. The summed E-state index contributed by atoms with van der Waals surface area (Å²) in [5.41, 5.74) is 0. The van der Waals surface area contributed by atoms with E-state index < -0.39 is 0 Å². The molecule has 0 fully saturated rings. The Morgan fingerprint density at radius 2 is 2.21 bits per heavy atom. The van der Waals surface area contributed by atoms with Gasteiger partial charge in [-0.2, -0.15) is 0 Å². The topological polar surface area (TPSA) is 18.5 Å². The van der Waals surface area contributed by atoms with Gasteiger partial charge in [-0.15, -0.1) is 0 Å². The molecule has 0 radical (unpaired) electrons. The zero-order chi connectivity index (χ0) is 10.2. The second kappa shape index (κ2) is 8.12. The highest BCUT2D eigenvalue weighted by Gasteiger charge is 2.08. The molecule has 1 rings (SSSR count). The number of ether oxygens (including phenoxy) is 2. The normalized spacial score (nSPS) is 17.2. The summed E-state index contributed by atoms with van der Waals surface area (Å²) in [7, 11) is 8.84. The van der Waals surface area contributed by atoms with Crippen LogP contribution in [0.4, 0.5) is 0 Å². The van der Waals surface area contributed by atoms with E-state index in [9.17, 15) is 0 Å². The largest absolute Gasteiger partial charge is 0.360 e. The Labute approximate surface area is 99.6 Å². The molecule has 0 saturated heterocycles. The molecule has 0 aromatic rings. The number of hydrogen-bond acceptors (Lipinski definition) is 5. The van der Waals surface area contributed by atoms with E-state index in [2.05, 4.69) is 5.41 Å². The van der Waals surface area contributed by atoms with Crippen molar-refractivity contribution in [2.75, 3.05) is 14.2 Å². The fraction of sp³-hybridized carbons (Fsp3) is 0.750. The second-order valence-corrected chi connectivity index (χ2v) is 8.90. The van der Waals surface area contributed by atoms with Crippen LogP contribution >= 0.6 is 31.4 Å². The van der Waals surface area contributed by atoms with Crippen LogP contribution in [0.15, 0.2) is 10.3 Å². The summed E-state index contributed by atoms with van der Waals surface area (Å²) >= 11 is 0. The van der Waals surface area contributed by atoms with Crippen LogP contribution in [0.25, 0.3) is 0 Å². The van der Waals surface area contributed by atoms with Crippen LogP contribution in [-0.2, 0) is 9.47 Å². The Kier molecular flexibility index (Phi) is 7.54. The van der Waals surface area contributed by atoms with E-state index in [0.717, 1.165) is 0 Å². The standard InChI is InChI=1S/C8H16O2S3Si/c1-9-8(10-2)14-5-3-4-7-6-11-13-12-7/h6,8H,3-5,14H2,1-2H3. The maximum Gasteiger partial charge on any atom is 0.134 e. The van der Waals surface area contributed by atoms with E-state index in [1.807, 2.05) is 31.4 Å². The first-order chi connectivity index (χ1) is 6.86. The Hall–Kier alpha value is 0.927. The molecule has 6 heteroatoms. The van der Waals surface area contributed by atoms with Crippen molar-refractivity contribution in [3.63, 3.8) is 0 Å². The van der Waals surface area contributed by atoms with Crippen LogP contribution in [0.1, 0.15) is 12.8 Å². The van der Waals surface area contributed by atoms with E-state index in [0.29, 0.717) is 0 Å². The lowest BCUT2D eigenvalue weighted by atomic mass is 10.3. The molecule has 0 unspecified atom stereocenters. The van der Waals surface area contributed by atoms with Crippen molar-refractivity contribution >= 4 is 40.9 Å². The van der Waals surface area contributed by atoms with Gasteiger partial charge in [0.1, 0.15) is 5.91 Å². The first-order valence-electron chi connectivity index (χ1n) is 4.61. The molecular formula is C8H16O2S3Si. The highest BCUT2D eigenvalue weighted by molar-refractivity contribution is 9.11. The van der Waals surface area contributed by atoms with Crippen molar-refractivity contribution in [3.8, 4) is 0 Å². The molecule has 0 spiro atoms. The van der Waals surface area contributed by atoms with Gasteiger partial charge in [0.25, 0.3) is 0 Å². The Balaban J connectivity index is 1.98. The second-order valence-electron chi connectivity index (χ2n) is 2.98. The average molecular weight is 269 g/mol. The van der Waals surface area contributed by atoms with Crippen LogP contribution in [0.3, 0.4) is 0 Å². The van der Waals surface area contributed by atoms with Gasteiger partial charge in [0.15, 0.2) is 0 Å². The Morgan fingerprint density at radius 3 is 2.79 bits per heavy atom. The van der Waals surface area contributed by atoms with E-state index in [1.165, 1.54) is 23.8 Å². The molecule has 0 bridgehead atoms. The van der Waals surface area contributed by atoms with Gasteiger partial charge in [0, 0.05) is 19.1 Å². The van der Waals surface area contributed by atoms with E-state index in [-0.39, 0.29) is 15.4 Å². The van der Waals surface area contributed by atoms with Gasteiger partial charge < -0.3 is 9.47 Å². The lowest BCUT2D eigenvalue weighted by Gasteiger charge is -2.11. The van der Waals surface area contributed by atoms with Crippen LogP contribution < -0.4 is 0 Å². The Morgan fingerprint density at radius 1 is 1.43 bits per heavy atom. The predicted octanol–water partition coefficient (Wildman–Crippen LogP) is 2.81. The first-order valence-corrected chi connectivity index (χ1v) is 9.97. The zero-order valence-corrected chi connectivity index (χ0v) is 12.4. The van der Waals surface area contributed by atoms with E-state index in [1.54, 1.807) is 14.2 Å². The monoisotopic (exact) mass is 268 g/mol. The van der Waals surface area contributed by atoms with Gasteiger partial charge in [0.2, 0.25) is 0 Å². The Bertz CT molecular complexity index is 185. The maximum absolute atomic E-state index is 5.18. The lowest BCUT2D eigenvalue weighted by molar-refractivity contribution is -0.0441. The van der Waals surface area contributed by atoms with Gasteiger partial charge >= 0.3 is 0 Å². The van der Waals surface area contributed by atoms with E-state index in [4.69, 9.17) is 9.47 Å². The summed E-state index contributed by atoms with van der Waals surface area (Å²) in [6.45, 7) is 0. The van der Waals surface area contributed by atoms with Crippen LogP contribution in [-0.4, -0.2) is 29.7 Å². The fourth-order valence-corrected chi connectivity index (χ4v) is 6.59. The predicted molar refractivity (Wildman–Crippen MR) is 71.2 cm³/mol. The average Bonchev–Trinajstić information content (AvgIpc) is 2.71. The molecule has 0 atom stereocenters. The van der Waals surface area contributed by atoms with Gasteiger partial charge in [-0.1, -0.05) is 23.3 Å². The summed E-state index contributed by atoms with van der Waals surface area (Å²) in [5.74, 6) is 0.115. The lowest BCUT2D eigenvalue weighted by Crippen LogP contribution is -2.20. The minimum atomic E-state index is -0.207. The highest BCUT2D eigenvalue weighted by atomic mass is 33.5. The van der Waals surface area contributed by atoms with Gasteiger partial charge in [-0.25, -0.2) is 0 Å². The van der Waals surface area contributed by atoms with Gasteiger partial charge in [-0.3, -0.25) is 0 Å². The zero-order valence-electron chi connectivity index (χ0n) is 8.52. The molecule has 0 N–H and O–H groups in total. The minimum absolute atomic E-state index is 0.115. The van der Waals surface area contributed by atoms with Crippen LogP contribution in [0.5, 0.6) is 0 Å². The molecule has 1 aliphatic heterocycles. The van der Waals surface area contributed by atoms with Crippen molar-refractivity contribution < 1.29 is 9.47 Å². The number of methoxy groups -OCH3 is 2. The molecule has 0 saturated carbocycles. The SMILES string of the molecule is COC(OC)[SiH2]CCCC1=CSSS1. The molecule has 0 aromatic carbocycles. The molecule has 0 aliphatic carbocycles. The van der Waals surface area contributed by atoms with E-state index >= 15 is 0 Å². The van der Waals surface area contributed by atoms with Crippen molar-refractivity contribution in [2.24, 2.45) is 0 Å². The summed E-state index contributed by atoms with van der Waals surface area (Å²) in [6, 6.07) is 1.31. The quantitative estimate of drug-likeness (QED) is 0.305. The summed E-state index contributed by atoms with van der Waals surface area (Å²) in [5, 5.41) is 2.26. The number of rotatable bonds is 7. The summed E-state index contributed by atoms with van der Waals surface area (Å²) in [4.78, 5) is 1.53. The number of allylic oxidation sites excluding steroid dienone is 1. The fourth-order valence-electron chi connectivity index (χ4n) is 1.20. The first kappa shape index (κ1) is 13.0. The molecule has 1 heterocycles. The van der Waals surface area contributed by atoms with Crippen molar-refractivity contribution in [1.29, 1.82) is 0 Å². The number of hydrogen-bond donors (Lipinski definition) is 0. The third-order valence-electron chi connectivity index (χ3n) is 2.00. The molecule has 0 amide bonds. The van der Waals surface area contributed by atoms with Crippen molar-refractivity contribution in [2.45, 2.75) is 24.8 Å². The molecular weight excluding hydrogens is 252 g/mol.